The molecule has 0 spiro atoms. The highest BCUT2D eigenvalue weighted by Gasteiger charge is 2.07. The minimum absolute atomic E-state index is 0.342. The van der Waals surface area contributed by atoms with Crippen LogP contribution in [0.2, 0.25) is 5.02 Å². The smallest absolute Gasteiger partial charge is 0.0453 e. The summed E-state index contributed by atoms with van der Waals surface area (Å²) in [6.07, 6.45) is 8.05. The number of hydrogen-bond acceptors (Lipinski definition) is 1. The molecule has 1 nitrogen and oxygen atoms in total. The van der Waals surface area contributed by atoms with Crippen LogP contribution in [0.4, 0.5) is 0 Å². The zero-order valence-corrected chi connectivity index (χ0v) is 12.5. The van der Waals surface area contributed by atoms with Gasteiger partial charge in [0.1, 0.15) is 0 Å². The second-order valence-corrected chi connectivity index (χ2v) is 5.37. The molecule has 0 aromatic heterocycles. The first-order valence-electron chi connectivity index (χ1n) is 7.23. The Labute approximate surface area is 117 Å². The molecule has 1 aromatic carbocycles. The molecule has 0 unspecified atom stereocenters. The molecular weight excluding hydrogens is 242 g/mol. The largest absolute Gasteiger partial charge is 0.310 e. The highest BCUT2D eigenvalue weighted by atomic mass is 35.5. The van der Waals surface area contributed by atoms with Crippen LogP contribution in [0.3, 0.4) is 0 Å². The van der Waals surface area contributed by atoms with E-state index in [1.54, 1.807) is 0 Å². The van der Waals surface area contributed by atoms with Gasteiger partial charge in [0.2, 0.25) is 0 Å². The molecule has 0 heterocycles. The summed E-state index contributed by atoms with van der Waals surface area (Å²) in [4.78, 5) is 0. The minimum Gasteiger partial charge on any atom is -0.310 e. The Balaban J connectivity index is 2.14. The van der Waals surface area contributed by atoms with E-state index in [1.165, 1.54) is 44.1 Å². The molecule has 0 saturated heterocycles. The first-order valence-corrected chi connectivity index (χ1v) is 7.61. The fraction of sp³-hybridized carbons (Fsp3) is 0.625. The summed E-state index contributed by atoms with van der Waals surface area (Å²) < 4.78 is 0. The van der Waals surface area contributed by atoms with Crippen molar-refractivity contribution in [3.63, 3.8) is 0 Å². The Morgan fingerprint density at radius 3 is 2.44 bits per heavy atom. The van der Waals surface area contributed by atoms with Gasteiger partial charge >= 0.3 is 0 Å². The fourth-order valence-corrected chi connectivity index (χ4v) is 2.46. The summed E-state index contributed by atoms with van der Waals surface area (Å²) >= 11 is 6.18. The SMILES string of the molecule is CCCCCCCCN[C@@H](C)c1ccccc1Cl. The molecule has 1 aromatic rings. The van der Waals surface area contributed by atoms with E-state index in [9.17, 15) is 0 Å². The topological polar surface area (TPSA) is 12.0 Å². The average molecular weight is 268 g/mol. The molecule has 0 bridgehead atoms. The van der Waals surface area contributed by atoms with Crippen LogP contribution in [0.5, 0.6) is 0 Å². The number of nitrogens with one attached hydrogen (secondary N) is 1. The van der Waals surface area contributed by atoms with Gasteiger partial charge in [-0.15, -0.1) is 0 Å². The van der Waals surface area contributed by atoms with Crippen molar-refractivity contribution in [3.8, 4) is 0 Å². The molecule has 1 rings (SSSR count). The maximum atomic E-state index is 6.18. The van der Waals surface area contributed by atoms with Crippen LogP contribution in [0.15, 0.2) is 24.3 Å². The van der Waals surface area contributed by atoms with Crippen molar-refractivity contribution in [2.24, 2.45) is 0 Å². The van der Waals surface area contributed by atoms with Crippen LogP contribution in [-0.2, 0) is 0 Å². The van der Waals surface area contributed by atoms with Crippen LogP contribution in [0, 0.1) is 0 Å². The van der Waals surface area contributed by atoms with Crippen molar-refractivity contribution < 1.29 is 0 Å². The quantitative estimate of drug-likeness (QED) is 0.595. The van der Waals surface area contributed by atoms with Crippen LogP contribution in [0.25, 0.3) is 0 Å². The van der Waals surface area contributed by atoms with E-state index in [4.69, 9.17) is 11.6 Å². The normalized spacial score (nSPS) is 12.6. The lowest BCUT2D eigenvalue weighted by atomic mass is 10.1. The molecule has 2 heteroatoms. The van der Waals surface area contributed by atoms with Crippen LogP contribution < -0.4 is 5.32 Å². The number of halogens is 1. The summed E-state index contributed by atoms with van der Waals surface area (Å²) in [6.45, 7) is 5.52. The van der Waals surface area contributed by atoms with Gasteiger partial charge in [0.25, 0.3) is 0 Å². The summed E-state index contributed by atoms with van der Waals surface area (Å²) in [5, 5.41) is 4.41. The highest BCUT2D eigenvalue weighted by molar-refractivity contribution is 6.31. The zero-order valence-electron chi connectivity index (χ0n) is 11.7. The van der Waals surface area contributed by atoms with Crippen molar-refractivity contribution in [2.75, 3.05) is 6.54 Å². The van der Waals surface area contributed by atoms with Gasteiger partial charge in [-0.1, -0.05) is 68.8 Å². The average Bonchev–Trinajstić information content (AvgIpc) is 2.38. The number of hydrogen-bond donors (Lipinski definition) is 1. The maximum absolute atomic E-state index is 6.18. The second-order valence-electron chi connectivity index (χ2n) is 4.97. The summed E-state index contributed by atoms with van der Waals surface area (Å²) in [5.74, 6) is 0. The van der Waals surface area contributed by atoms with Gasteiger partial charge in [-0.25, -0.2) is 0 Å². The zero-order chi connectivity index (χ0) is 13.2. The monoisotopic (exact) mass is 267 g/mol. The van der Waals surface area contributed by atoms with E-state index >= 15 is 0 Å². The molecule has 1 atom stereocenters. The van der Waals surface area contributed by atoms with Gasteiger partial charge < -0.3 is 5.32 Å². The lowest BCUT2D eigenvalue weighted by Gasteiger charge is -2.15. The molecule has 0 aliphatic rings. The van der Waals surface area contributed by atoms with Gasteiger partial charge in [0.05, 0.1) is 0 Å². The van der Waals surface area contributed by atoms with E-state index < -0.39 is 0 Å². The van der Waals surface area contributed by atoms with Gasteiger partial charge in [-0.3, -0.25) is 0 Å². The number of rotatable bonds is 9. The minimum atomic E-state index is 0.342. The van der Waals surface area contributed by atoms with Crippen molar-refractivity contribution in [2.45, 2.75) is 58.4 Å². The molecule has 0 fully saturated rings. The lowest BCUT2D eigenvalue weighted by molar-refractivity contribution is 0.527. The Kier molecular flexibility index (Phi) is 8.11. The first-order chi connectivity index (χ1) is 8.75. The Morgan fingerprint density at radius 2 is 1.72 bits per heavy atom. The Morgan fingerprint density at radius 1 is 1.06 bits per heavy atom. The molecule has 0 aliphatic carbocycles. The molecule has 18 heavy (non-hydrogen) atoms. The van der Waals surface area contributed by atoms with E-state index in [0.29, 0.717) is 6.04 Å². The van der Waals surface area contributed by atoms with Gasteiger partial charge in [0.15, 0.2) is 0 Å². The van der Waals surface area contributed by atoms with Gasteiger partial charge in [-0.05, 0) is 31.5 Å². The molecule has 0 aliphatic heterocycles. The molecule has 102 valence electrons. The van der Waals surface area contributed by atoms with E-state index in [0.717, 1.165) is 11.6 Å². The third-order valence-electron chi connectivity index (χ3n) is 3.35. The third-order valence-corrected chi connectivity index (χ3v) is 3.70. The molecule has 0 radical (unpaired) electrons. The molecule has 1 N–H and O–H groups in total. The first kappa shape index (κ1) is 15.5. The van der Waals surface area contributed by atoms with Crippen LogP contribution in [0.1, 0.15) is 64.0 Å². The fourth-order valence-electron chi connectivity index (χ4n) is 2.16. The Hall–Kier alpha value is -0.530. The maximum Gasteiger partial charge on any atom is 0.0453 e. The summed E-state index contributed by atoms with van der Waals surface area (Å²) in [6, 6.07) is 8.42. The molecular formula is C16H26ClN. The predicted molar refractivity (Wildman–Crippen MR) is 81.2 cm³/mol. The summed E-state index contributed by atoms with van der Waals surface area (Å²) in [5.41, 5.74) is 1.20. The number of benzene rings is 1. The standard InChI is InChI=1S/C16H26ClN/c1-3-4-5-6-7-10-13-18-14(2)15-11-8-9-12-16(15)17/h8-9,11-12,14,18H,3-7,10,13H2,1-2H3/t14-/m0/s1. The lowest BCUT2D eigenvalue weighted by Crippen LogP contribution is -2.20. The Bertz CT molecular complexity index is 325. The van der Waals surface area contributed by atoms with Crippen LogP contribution in [-0.4, -0.2) is 6.54 Å². The second kappa shape index (κ2) is 9.41. The van der Waals surface area contributed by atoms with Gasteiger partial charge in [-0.2, -0.15) is 0 Å². The molecule has 0 amide bonds. The predicted octanol–water partition coefficient (Wildman–Crippen LogP) is 5.35. The van der Waals surface area contributed by atoms with E-state index in [1.807, 2.05) is 18.2 Å². The third kappa shape index (κ3) is 5.88. The van der Waals surface area contributed by atoms with Gasteiger partial charge in [0, 0.05) is 11.1 Å². The van der Waals surface area contributed by atoms with Crippen LogP contribution >= 0.6 is 11.6 Å². The van der Waals surface area contributed by atoms with E-state index in [-0.39, 0.29) is 0 Å². The van der Waals surface area contributed by atoms with Crippen molar-refractivity contribution in [1.82, 2.24) is 5.32 Å². The van der Waals surface area contributed by atoms with Crippen molar-refractivity contribution >= 4 is 11.6 Å². The number of unbranched alkanes of at least 4 members (excludes halogenated alkanes) is 5. The van der Waals surface area contributed by atoms with Crippen molar-refractivity contribution in [1.29, 1.82) is 0 Å². The highest BCUT2D eigenvalue weighted by Crippen LogP contribution is 2.21. The van der Waals surface area contributed by atoms with Crippen molar-refractivity contribution in [3.05, 3.63) is 34.9 Å². The van der Waals surface area contributed by atoms with E-state index in [2.05, 4.69) is 25.2 Å². The summed E-state index contributed by atoms with van der Waals surface area (Å²) in [7, 11) is 0. The molecule has 0 saturated carbocycles.